The van der Waals surface area contributed by atoms with E-state index in [4.69, 9.17) is 5.73 Å². The molecule has 2 aliphatic heterocycles. The quantitative estimate of drug-likeness (QED) is 0.920. The van der Waals surface area contributed by atoms with Gasteiger partial charge in [0.15, 0.2) is 0 Å². The second-order valence-electron chi connectivity index (χ2n) is 6.51. The molecule has 5 nitrogen and oxygen atoms in total. The lowest BCUT2D eigenvalue weighted by molar-refractivity contribution is 0.153. The van der Waals surface area contributed by atoms with Crippen molar-refractivity contribution in [2.75, 3.05) is 30.3 Å². The maximum atomic E-state index is 5.75. The van der Waals surface area contributed by atoms with Crippen molar-refractivity contribution in [3.63, 3.8) is 0 Å². The molecule has 0 amide bonds. The summed E-state index contributed by atoms with van der Waals surface area (Å²) in [5.74, 6) is 1.41. The molecule has 0 bridgehead atoms. The van der Waals surface area contributed by atoms with Gasteiger partial charge in [-0.05, 0) is 30.4 Å². The largest absolute Gasteiger partial charge is 0.382 e. The molecule has 2 aromatic rings. The van der Waals surface area contributed by atoms with E-state index >= 15 is 0 Å². The first kappa shape index (κ1) is 14.5. The molecule has 3 heterocycles. The summed E-state index contributed by atoms with van der Waals surface area (Å²) in [5.41, 5.74) is 8.77. The highest BCUT2D eigenvalue weighted by Crippen LogP contribution is 2.26. The van der Waals surface area contributed by atoms with Gasteiger partial charge in [-0.1, -0.05) is 24.3 Å². The molecule has 0 spiro atoms. The molecule has 0 saturated carbocycles. The third kappa shape index (κ3) is 3.01. The average molecular weight is 309 g/mol. The summed E-state index contributed by atoms with van der Waals surface area (Å²) in [6.45, 7) is 4.33. The standard InChI is InChI=1S/C18H23N5/c19-17-11-20-12-18(21-17)22-9-6-16(7-10-22)23-8-5-14-3-1-2-4-15(14)13-23/h1-4,11-12,16H,5-10,13H2,(H2,19,21). The van der Waals surface area contributed by atoms with Crippen LogP contribution in [0.1, 0.15) is 24.0 Å². The Morgan fingerprint density at radius 2 is 1.78 bits per heavy atom. The predicted octanol–water partition coefficient (Wildman–Crippen LogP) is 2.09. The summed E-state index contributed by atoms with van der Waals surface area (Å²) in [6, 6.07) is 9.53. The van der Waals surface area contributed by atoms with Gasteiger partial charge in [-0.3, -0.25) is 9.88 Å². The molecule has 0 aliphatic carbocycles. The summed E-state index contributed by atoms with van der Waals surface area (Å²) in [5, 5.41) is 0. The molecule has 0 radical (unpaired) electrons. The van der Waals surface area contributed by atoms with Crippen LogP contribution >= 0.6 is 0 Å². The fourth-order valence-corrected chi connectivity index (χ4v) is 3.81. The molecular formula is C18H23N5. The van der Waals surface area contributed by atoms with Gasteiger partial charge < -0.3 is 10.6 Å². The normalized spacial score (nSPS) is 19.6. The van der Waals surface area contributed by atoms with Gasteiger partial charge >= 0.3 is 0 Å². The van der Waals surface area contributed by atoms with Crippen LogP contribution in [-0.4, -0.2) is 40.5 Å². The van der Waals surface area contributed by atoms with E-state index in [1.54, 1.807) is 6.20 Å². The summed E-state index contributed by atoms with van der Waals surface area (Å²) in [6.07, 6.45) is 6.95. The maximum absolute atomic E-state index is 5.75. The van der Waals surface area contributed by atoms with Crippen molar-refractivity contribution in [2.24, 2.45) is 0 Å². The lowest BCUT2D eigenvalue weighted by Gasteiger charge is -2.41. The van der Waals surface area contributed by atoms with E-state index < -0.39 is 0 Å². The summed E-state index contributed by atoms with van der Waals surface area (Å²) in [4.78, 5) is 13.5. The van der Waals surface area contributed by atoms with Crippen molar-refractivity contribution in [3.05, 3.63) is 47.8 Å². The zero-order valence-electron chi connectivity index (χ0n) is 13.4. The average Bonchev–Trinajstić information content (AvgIpc) is 2.61. The van der Waals surface area contributed by atoms with Crippen LogP contribution in [0.25, 0.3) is 0 Å². The Morgan fingerprint density at radius 3 is 2.57 bits per heavy atom. The van der Waals surface area contributed by atoms with Gasteiger partial charge in [0.25, 0.3) is 0 Å². The molecule has 4 rings (SSSR count). The van der Waals surface area contributed by atoms with Crippen LogP contribution in [0.15, 0.2) is 36.7 Å². The Hall–Kier alpha value is -2.14. The molecule has 0 unspecified atom stereocenters. The lowest BCUT2D eigenvalue weighted by Crippen LogP contribution is -2.46. The van der Waals surface area contributed by atoms with Gasteiger partial charge in [-0.2, -0.15) is 0 Å². The van der Waals surface area contributed by atoms with Crippen LogP contribution in [0.4, 0.5) is 11.6 Å². The zero-order valence-corrected chi connectivity index (χ0v) is 13.4. The van der Waals surface area contributed by atoms with E-state index in [1.807, 2.05) is 6.20 Å². The van der Waals surface area contributed by atoms with Gasteiger partial charge in [-0.15, -0.1) is 0 Å². The zero-order chi connectivity index (χ0) is 15.6. The molecule has 1 aromatic carbocycles. The first-order valence-corrected chi connectivity index (χ1v) is 8.43. The first-order chi connectivity index (χ1) is 11.3. The molecule has 120 valence electrons. The Kier molecular flexibility index (Phi) is 3.87. The van der Waals surface area contributed by atoms with Gasteiger partial charge in [0.2, 0.25) is 0 Å². The Bertz CT molecular complexity index is 679. The molecule has 2 aliphatic rings. The second-order valence-corrected chi connectivity index (χ2v) is 6.51. The van der Waals surface area contributed by atoms with Crippen molar-refractivity contribution in [1.82, 2.24) is 14.9 Å². The number of fused-ring (bicyclic) bond motifs is 1. The van der Waals surface area contributed by atoms with E-state index in [1.165, 1.54) is 36.9 Å². The van der Waals surface area contributed by atoms with Crippen LogP contribution < -0.4 is 10.6 Å². The first-order valence-electron chi connectivity index (χ1n) is 8.43. The van der Waals surface area contributed by atoms with Gasteiger partial charge in [-0.25, -0.2) is 4.98 Å². The Morgan fingerprint density at radius 1 is 1.00 bits per heavy atom. The number of piperidine rings is 1. The van der Waals surface area contributed by atoms with E-state index in [2.05, 4.69) is 44.0 Å². The molecule has 1 aromatic heterocycles. The van der Waals surface area contributed by atoms with Gasteiger partial charge in [0, 0.05) is 32.2 Å². The molecule has 1 saturated heterocycles. The number of nitrogens with zero attached hydrogens (tertiary/aromatic N) is 4. The van der Waals surface area contributed by atoms with Gasteiger partial charge in [0.1, 0.15) is 11.6 Å². The SMILES string of the molecule is Nc1cncc(N2CCC(N3CCc4ccccc4C3)CC2)n1. The monoisotopic (exact) mass is 309 g/mol. The minimum atomic E-state index is 0.497. The third-order valence-electron chi connectivity index (χ3n) is 5.11. The molecule has 23 heavy (non-hydrogen) atoms. The van der Waals surface area contributed by atoms with Crippen LogP contribution in [0, 0.1) is 0 Å². The number of aromatic nitrogens is 2. The maximum Gasteiger partial charge on any atom is 0.149 e. The van der Waals surface area contributed by atoms with Crippen molar-refractivity contribution < 1.29 is 0 Å². The van der Waals surface area contributed by atoms with E-state index in [-0.39, 0.29) is 0 Å². The summed E-state index contributed by atoms with van der Waals surface area (Å²) < 4.78 is 0. The number of anilines is 2. The predicted molar refractivity (Wildman–Crippen MR) is 92.2 cm³/mol. The number of hydrogen-bond acceptors (Lipinski definition) is 5. The van der Waals surface area contributed by atoms with Crippen LogP contribution in [0.2, 0.25) is 0 Å². The van der Waals surface area contributed by atoms with Crippen LogP contribution in [0.5, 0.6) is 0 Å². The Labute approximate surface area is 137 Å². The summed E-state index contributed by atoms with van der Waals surface area (Å²) >= 11 is 0. The van der Waals surface area contributed by atoms with Crippen molar-refractivity contribution in [1.29, 1.82) is 0 Å². The topological polar surface area (TPSA) is 58.3 Å². The highest BCUT2D eigenvalue weighted by atomic mass is 15.2. The smallest absolute Gasteiger partial charge is 0.149 e. The number of nitrogens with two attached hydrogens (primary N) is 1. The van der Waals surface area contributed by atoms with Crippen molar-refractivity contribution >= 4 is 11.6 Å². The highest BCUT2D eigenvalue weighted by Gasteiger charge is 2.27. The van der Waals surface area contributed by atoms with E-state index in [0.29, 0.717) is 11.9 Å². The second kappa shape index (κ2) is 6.16. The molecule has 2 N–H and O–H groups in total. The van der Waals surface area contributed by atoms with E-state index in [0.717, 1.165) is 25.5 Å². The molecular weight excluding hydrogens is 286 g/mol. The van der Waals surface area contributed by atoms with Crippen molar-refractivity contribution in [2.45, 2.75) is 31.8 Å². The minimum absolute atomic E-state index is 0.497. The Balaban J connectivity index is 1.39. The fraction of sp³-hybridized carbons (Fsp3) is 0.444. The molecule has 0 atom stereocenters. The van der Waals surface area contributed by atoms with Crippen molar-refractivity contribution in [3.8, 4) is 0 Å². The van der Waals surface area contributed by atoms with Gasteiger partial charge in [0.05, 0.1) is 12.4 Å². The number of nitrogen functional groups attached to an aromatic ring is 1. The number of rotatable bonds is 2. The number of benzene rings is 1. The van der Waals surface area contributed by atoms with Crippen LogP contribution in [0.3, 0.4) is 0 Å². The third-order valence-corrected chi connectivity index (χ3v) is 5.11. The fourth-order valence-electron chi connectivity index (χ4n) is 3.81. The highest BCUT2D eigenvalue weighted by molar-refractivity contribution is 5.41. The van der Waals surface area contributed by atoms with E-state index in [9.17, 15) is 0 Å². The summed E-state index contributed by atoms with van der Waals surface area (Å²) in [7, 11) is 0. The molecule has 1 fully saturated rings. The minimum Gasteiger partial charge on any atom is -0.382 e. The molecule has 5 heteroatoms. The lowest BCUT2D eigenvalue weighted by atomic mass is 9.95. The number of hydrogen-bond donors (Lipinski definition) is 1. The van der Waals surface area contributed by atoms with Crippen LogP contribution in [-0.2, 0) is 13.0 Å².